The number of ether oxygens (including phenoxy) is 3. The molecular weight excluding hydrogens is 622 g/mol. The fraction of sp³-hybridized carbons (Fsp3) is 0.622. The van der Waals surface area contributed by atoms with Gasteiger partial charge >= 0.3 is 0 Å². The van der Waals surface area contributed by atoms with Crippen LogP contribution in [0.15, 0.2) is 12.1 Å². The monoisotopic (exact) mass is 675 g/mol. The number of aromatic nitrogens is 3. The van der Waals surface area contributed by atoms with Gasteiger partial charge in [-0.2, -0.15) is 5.10 Å². The molecule has 2 amide bonds. The summed E-state index contributed by atoms with van der Waals surface area (Å²) in [4.78, 5) is 38.7. The van der Waals surface area contributed by atoms with Crippen molar-refractivity contribution in [2.45, 2.75) is 77.7 Å². The second-order valence-electron chi connectivity index (χ2n) is 13.7. The number of aromatic amines is 1. The average molecular weight is 676 g/mol. The number of nitrogens with one attached hydrogen (secondary N) is 2. The smallest absolute Gasteiger partial charge is 0.239 e. The molecule has 6 rings (SSSR count). The number of benzene rings is 1. The number of hydrogen-bond donors (Lipinski definition) is 2. The fourth-order valence-electron chi connectivity index (χ4n) is 7.78. The number of fused-ring (bicyclic) bond motifs is 6. The first-order chi connectivity index (χ1) is 23.9. The number of pyridine rings is 1. The third-order valence-electron chi connectivity index (χ3n) is 10.5. The van der Waals surface area contributed by atoms with Crippen LogP contribution >= 0.6 is 0 Å². The predicted molar refractivity (Wildman–Crippen MR) is 190 cm³/mol. The molecule has 2 aliphatic heterocycles. The molecule has 3 aromatic rings. The van der Waals surface area contributed by atoms with Crippen molar-refractivity contribution < 1.29 is 23.8 Å². The summed E-state index contributed by atoms with van der Waals surface area (Å²) >= 11 is 0. The number of H-pyrrole nitrogens is 1. The number of anilines is 1. The van der Waals surface area contributed by atoms with Crippen LogP contribution in [0.5, 0.6) is 17.2 Å². The Hall–Kier alpha value is -4.06. The maximum atomic E-state index is 13.6. The van der Waals surface area contributed by atoms with Gasteiger partial charge in [0, 0.05) is 68.3 Å². The number of aryl methyl sites for hydroxylation is 2. The molecule has 266 valence electrons. The van der Waals surface area contributed by atoms with Gasteiger partial charge in [-0.3, -0.25) is 19.6 Å². The molecule has 1 saturated heterocycles. The Morgan fingerprint density at radius 3 is 2.57 bits per heavy atom. The number of nitrogens with zero attached hydrogens (tertiary/aromatic N) is 5. The van der Waals surface area contributed by atoms with Crippen LogP contribution in [-0.4, -0.2) is 104 Å². The number of piperidine rings is 1. The number of hydrogen-bond acceptors (Lipinski definition) is 9. The Kier molecular flexibility index (Phi) is 11.4. The fourth-order valence-corrected chi connectivity index (χ4v) is 7.78. The number of carbonyl (C=O) groups is 2. The van der Waals surface area contributed by atoms with E-state index in [1.165, 1.54) is 24.1 Å². The van der Waals surface area contributed by atoms with Crippen molar-refractivity contribution >= 4 is 28.5 Å². The van der Waals surface area contributed by atoms with Gasteiger partial charge in [0.1, 0.15) is 5.82 Å². The first-order valence-electron chi connectivity index (χ1n) is 18.1. The first kappa shape index (κ1) is 34.8. The van der Waals surface area contributed by atoms with Crippen LogP contribution in [0.2, 0.25) is 0 Å². The summed E-state index contributed by atoms with van der Waals surface area (Å²) in [6, 6.07) is 4.12. The van der Waals surface area contributed by atoms with Crippen molar-refractivity contribution in [3.05, 3.63) is 34.6 Å². The van der Waals surface area contributed by atoms with Gasteiger partial charge in [-0.25, -0.2) is 4.98 Å². The first-order valence-corrected chi connectivity index (χ1v) is 18.1. The van der Waals surface area contributed by atoms with Crippen LogP contribution in [0, 0.1) is 5.92 Å². The minimum atomic E-state index is -0.0949. The lowest BCUT2D eigenvalue weighted by Gasteiger charge is -2.36. The zero-order chi connectivity index (χ0) is 34.3. The molecule has 12 heteroatoms. The zero-order valence-electron chi connectivity index (χ0n) is 29.7. The molecule has 0 radical (unpaired) electrons. The lowest BCUT2D eigenvalue weighted by Crippen LogP contribution is -2.45. The zero-order valence-corrected chi connectivity index (χ0v) is 29.7. The molecule has 0 saturated carbocycles. The maximum absolute atomic E-state index is 13.6. The van der Waals surface area contributed by atoms with Crippen molar-refractivity contribution in [3.63, 3.8) is 0 Å². The van der Waals surface area contributed by atoms with E-state index in [0.717, 1.165) is 99.2 Å². The maximum Gasteiger partial charge on any atom is 0.239 e. The van der Waals surface area contributed by atoms with Gasteiger partial charge in [-0.05, 0) is 82.0 Å². The summed E-state index contributed by atoms with van der Waals surface area (Å²) in [5.41, 5.74) is 5.46. The highest BCUT2D eigenvalue weighted by molar-refractivity contribution is 5.92. The molecule has 1 fully saturated rings. The number of methoxy groups -OCH3 is 3. The van der Waals surface area contributed by atoms with E-state index in [4.69, 9.17) is 19.2 Å². The van der Waals surface area contributed by atoms with E-state index < -0.39 is 0 Å². The van der Waals surface area contributed by atoms with Crippen LogP contribution in [0.25, 0.3) is 10.9 Å². The molecule has 1 aromatic carbocycles. The van der Waals surface area contributed by atoms with Crippen LogP contribution in [0.3, 0.4) is 0 Å². The number of carbonyl (C=O) groups excluding carboxylic acids is 2. The van der Waals surface area contributed by atoms with E-state index in [1.807, 2.05) is 6.07 Å². The van der Waals surface area contributed by atoms with E-state index in [0.29, 0.717) is 43.2 Å². The summed E-state index contributed by atoms with van der Waals surface area (Å²) in [7, 11) is 4.89. The summed E-state index contributed by atoms with van der Waals surface area (Å²) in [6.45, 7) is 7.57. The molecule has 3 aliphatic rings. The van der Waals surface area contributed by atoms with Crippen LogP contribution in [-0.2, 0) is 35.4 Å². The second-order valence-corrected chi connectivity index (χ2v) is 13.7. The van der Waals surface area contributed by atoms with Gasteiger partial charge in [0.05, 0.1) is 39.1 Å². The van der Waals surface area contributed by atoms with E-state index in [1.54, 1.807) is 26.2 Å². The summed E-state index contributed by atoms with van der Waals surface area (Å²) < 4.78 is 17.2. The molecule has 49 heavy (non-hydrogen) atoms. The molecule has 2 aromatic heterocycles. The molecule has 2 bridgehead atoms. The van der Waals surface area contributed by atoms with Gasteiger partial charge in [0.15, 0.2) is 11.5 Å². The van der Waals surface area contributed by atoms with Crippen LogP contribution in [0.1, 0.15) is 74.4 Å². The summed E-state index contributed by atoms with van der Waals surface area (Å²) in [5, 5.41) is 11.8. The Morgan fingerprint density at radius 2 is 1.78 bits per heavy atom. The molecule has 12 nitrogen and oxygen atoms in total. The quantitative estimate of drug-likeness (QED) is 0.378. The normalized spacial score (nSPS) is 19.6. The van der Waals surface area contributed by atoms with Gasteiger partial charge in [-0.1, -0.05) is 6.92 Å². The lowest BCUT2D eigenvalue weighted by molar-refractivity contribution is -0.136. The van der Waals surface area contributed by atoms with E-state index in [2.05, 4.69) is 38.3 Å². The van der Waals surface area contributed by atoms with Crippen LogP contribution in [0.4, 0.5) is 5.82 Å². The lowest BCUT2D eigenvalue weighted by atomic mass is 9.94. The molecule has 1 unspecified atom stereocenters. The topological polar surface area (TPSA) is 125 Å². The minimum Gasteiger partial charge on any atom is -0.493 e. The van der Waals surface area contributed by atoms with Gasteiger partial charge in [-0.15, -0.1) is 0 Å². The average Bonchev–Trinajstić information content (AvgIpc) is 3.55. The minimum absolute atomic E-state index is 0.0212. The van der Waals surface area contributed by atoms with Crippen LogP contribution < -0.4 is 24.4 Å². The highest BCUT2D eigenvalue weighted by Crippen LogP contribution is 2.44. The third-order valence-corrected chi connectivity index (χ3v) is 10.5. The molecule has 1 aliphatic carbocycles. The Morgan fingerprint density at radius 1 is 0.959 bits per heavy atom. The van der Waals surface area contributed by atoms with Gasteiger partial charge in [0.25, 0.3) is 0 Å². The summed E-state index contributed by atoms with van der Waals surface area (Å²) in [5.74, 6) is 2.91. The standard InChI is InChI=1S/C37H53N7O5/c1-5-42-16-8-9-17-43(34(46)15-14-30-27-12-6-7-13-29(27)40-41-30)24-33(45)38-21-25-11-10-18-44(22-25)37-26(23-42)19-28-31(39-37)20-32(47-2)36(49-4)35(28)48-3/h19-20,25H,5-18,21-24H2,1-4H3,(H,38,45)(H,40,41). The Balaban J connectivity index is 1.23. The van der Waals surface area contributed by atoms with E-state index in [-0.39, 0.29) is 24.3 Å². The van der Waals surface area contributed by atoms with Gasteiger partial charge < -0.3 is 29.3 Å². The molecular formula is C37H53N7O5. The van der Waals surface area contributed by atoms with E-state index >= 15 is 0 Å². The van der Waals surface area contributed by atoms with Gasteiger partial charge in [0.2, 0.25) is 17.6 Å². The number of rotatable bonds is 7. The van der Waals surface area contributed by atoms with Crippen molar-refractivity contribution in [2.24, 2.45) is 5.92 Å². The summed E-state index contributed by atoms with van der Waals surface area (Å²) in [6.07, 6.45) is 9.14. The number of amides is 2. The Bertz CT molecular complexity index is 1620. The van der Waals surface area contributed by atoms with E-state index in [9.17, 15) is 9.59 Å². The highest BCUT2D eigenvalue weighted by atomic mass is 16.5. The third kappa shape index (κ3) is 7.90. The van der Waals surface area contributed by atoms with Crippen molar-refractivity contribution in [3.8, 4) is 17.2 Å². The Labute approximate surface area is 289 Å². The van der Waals surface area contributed by atoms with Crippen molar-refractivity contribution in [1.82, 2.24) is 30.3 Å². The molecule has 0 spiro atoms. The van der Waals surface area contributed by atoms with Crippen molar-refractivity contribution in [1.29, 1.82) is 0 Å². The van der Waals surface area contributed by atoms with Crippen molar-refractivity contribution in [2.75, 3.05) is 72.0 Å². The SMILES string of the molecule is CCN1CCCCN(C(=O)CCc2n[nH]c3c2CCCC3)CC(=O)NCC2CCCN(C2)c2nc3cc(OC)c(OC)c(OC)c3cc2C1. The molecule has 1 atom stereocenters. The second kappa shape index (κ2) is 16.1. The largest absolute Gasteiger partial charge is 0.493 e. The molecule has 2 N–H and O–H groups in total. The molecule has 4 heterocycles. The highest BCUT2D eigenvalue weighted by Gasteiger charge is 2.27. The predicted octanol–water partition coefficient (Wildman–Crippen LogP) is 4.27.